The summed E-state index contributed by atoms with van der Waals surface area (Å²) in [5.41, 5.74) is 4.30. The predicted octanol–water partition coefficient (Wildman–Crippen LogP) is 5.21. The van der Waals surface area contributed by atoms with Gasteiger partial charge in [0.1, 0.15) is 18.4 Å². The van der Waals surface area contributed by atoms with Crippen LogP contribution in [0.1, 0.15) is 35.3 Å². The maximum absolute atomic E-state index is 12.8. The van der Waals surface area contributed by atoms with Gasteiger partial charge >= 0.3 is 0 Å². The molecule has 2 amide bonds. The average molecular weight is 542 g/mol. The maximum atomic E-state index is 12.8. The van der Waals surface area contributed by atoms with E-state index in [-0.39, 0.29) is 19.3 Å². The molecule has 1 unspecified atom stereocenters. The van der Waals surface area contributed by atoms with Crippen LogP contribution >= 0.6 is 23.2 Å². The van der Waals surface area contributed by atoms with Gasteiger partial charge in [-0.15, -0.1) is 0 Å². The fraction of sp³-hybridized carbons (Fsp3) is 0.222. The Kier molecular flexibility index (Phi) is 8.53. The molecular weight excluding hydrogens is 517 g/mol. The minimum atomic E-state index is -0.811. The van der Waals surface area contributed by atoms with Crippen molar-refractivity contribution in [1.29, 1.82) is 0 Å². The lowest BCUT2D eigenvalue weighted by atomic mass is 10.0. The Bertz CT molecular complexity index is 1330. The fourth-order valence-electron chi connectivity index (χ4n) is 3.55. The second-order valence-corrected chi connectivity index (χ2v) is 9.40. The maximum Gasteiger partial charge on any atom is 0.262 e. The summed E-state index contributed by atoms with van der Waals surface area (Å²) >= 11 is 12.2. The molecule has 0 saturated heterocycles. The van der Waals surface area contributed by atoms with Crippen molar-refractivity contribution in [3.8, 4) is 17.2 Å². The Labute approximate surface area is 224 Å². The quantitative estimate of drug-likeness (QED) is 0.286. The molecule has 3 aromatic carbocycles. The third-order valence-corrected chi connectivity index (χ3v) is 6.15. The van der Waals surface area contributed by atoms with E-state index in [0.717, 1.165) is 5.56 Å². The largest absolute Gasteiger partial charge is 0.488 e. The summed E-state index contributed by atoms with van der Waals surface area (Å²) in [7, 11) is 0. The normalized spacial score (nSPS) is 13.0. The molecule has 1 aliphatic rings. The number of carbonyl (C=O) groups excluding carboxylic acids is 2. The minimum Gasteiger partial charge on any atom is -0.488 e. The van der Waals surface area contributed by atoms with E-state index in [4.69, 9.17) is 37.4 Å². The van der Waals surface area contributed by atoms with Crippen LogP contribution in [0.25, 0.3) is 0 Å². The number of para-hydroxylation sites is 1. The molecule has 0 aromatic heterocycles. The number of rotatable bonds is 9. The third-order valence-electron chi connectivity index (χ3n) is 5.57. The van der Waals surface area contributed by atoms with Crippen LogP contribution in [0.5, 0.6) is 17.2 Å². The first-order valence-corrected chi connectivity index (χ1v) is 12.3. The summed E-state index contributed by atoms with van der Waals surface area (Å²) in [6.07, 6.45) is 1.48. The molecule has 0 aliphatic carbocycles. The van der Waals surface area contributed by atoms with Gasteiger partial charge in [0.25, 0.3) is 11.8 Å². The predicted molar refractivity (Wildman–Crippen MR) is 142 cm³/mol. The molecule has 3 aromatic rings. The van der Waals surface area contributed by atoms with Gasteiger partial charge in [-0.1, -0.05) is 55.2 Å². The summed E-state index contributed by atoms with van der Waals surface area (Å²) < 4.78 is 16.5. The van der Waals surface area contributed by atoms with E-state index in [2.05, 4.69) is 15.8 Å². The average Bonchev–Trinajstić information content (AvgIpc) is 3.35. The lowest BCUT2D eigenvalue weighted by Gasteiger charge is -2.20. The molecule has 192 valence electrons. The Balaban J connectivity index is 1.38. The van der Waals surface area contributed by atoms with Crippen LogP contribution in [-0.2, 0) is 11.4 Å². The Hall–Kier alpha value is -3.75. The molecule has 10 heteroatoms. The van der Waals surface area contributed by atoms with Crippen molar-refractivity contribution >= 4 is 41.2 Å². The van der Waals surface area contributed by atoms with E-state index in [1.807, 2.05) is 26.0 Å². The standard InChI is InChI=1S/C27H25Cl2N3O5/c1-16(2)25(31-26(33)17-8-10-23-24(11-17)37-15-36-23)27(34)32-30-13-18-5-3-4-6-22(18)35-14-19-7-9-20(28)12-21(19)29/h3-13,16,25H,14-15H2,1-2H3,(H,31,33)(H,32,34)/b30-13+. The summed E-state index contributed by atoms with van der Waals surface area (Å²) in [6, 6.07) is 16.5. The Morgan fingerprint density at radius 2 is 1.84 bits per heavy atom. The SMILES string of the molecule is CC(C)C(NC(=O)c1ccc2c(c1)OCO2)C(=O)N/N=C/c1ccccc1OCc1ccc(Cl)cc1Cl. The number of amides is 2. The lowest BCUT2D eigenvalue weighted by Crippen LogP contribution is -2.48. The number of hydrazone groups is 1. The van der Waals surface area contributed by atoms with Crippen molar-refractivity contribution in [1.82, 2.24) is 10.7 Å². The summed E-state index contributed by atoms with van der Waals surface area (Å²) in [5, 5.41) is 7.90. The molecule has 8 nitrogen and oxygen atoms in total. The van der Waals surface area contributed by atoms with Gasteiger partial charge in [-0.05, 0) is 48.4 Å². The first-order chi connectivity index (χ1) is 17.8. The van der Waals surface area contributed by atoms with Gasteiger partial charge in [-0.3, -0.25) is 9.59 Å². The number of hydrogen-bond acceptors (Lipinski definition) is 6. The van der Waals surface area contributed by atoms with Gasteiger partial charge in [-0.25, -0.2) is 5.43 Å². The highest BCUT2D eigenvalue weighted by molar-refractivity contribution is 6.35. The molecule has 0 bridgehead atoms. The van der Waals surface area contributed by atoms with Crippen molar-refractivity contribution in [3.63, 3.8) is 0 Å². The van der Waals surface area contributed by atoms with E-state index in [0.29, 0.717) is 38.4 Å². The van der Waals surface area contributed by atoms with E-state index in [1.54, 1.807) is 48.5 Å². The molecule has 4 rings (SSSR count). The topological polar surface area (TPSA) is 98.2 Å². The number of carbonyl (C=O) groups is 2. The molecule has 1 heterocycles. The number of hydrogen-bond donors (Lipinski definition) is 2. The monoisotopic (exact) mass is 541 g/mol. The van der Waals surface area contributed by atoms with E-state index in [1.165, 1.54) is 6.21 Å². The molecule has 1 aliphatic heterocycles. The van der Waals surface area contributed by atoms with Crippen LogP contribution in [0.4, 0.5) is 0 Å². The number of halogens is 2. The van der Waals surface area contributed by atoms with Gasteiger partial charge in [-0.2, -0.15) is 5.10 Å². The van der Waals surface area contributed by atoms with Crippen molar-refractivity contribution in [2.45, 2.75) is 26.5 Å². The molecule has 0 saturated carbocycles. The lowest BCUT2D eigenvalue weighted by molar-refractivity contribution is -0.123. The smallest absolute Gasteiger partial charge is 0.262 e. The molecule has 1 atom stereocenters. The van der Waals surface area contributed by atoms with Crippen LogP contribution in [0.3, 0.4) is 0 Å². The van der Waals surface area contributed by atoms with Crippen LogP contribution in [-0.4, -0.2) is 30.9 Å². The van der Waals surface area contributed by atoms with E-state index >= 15 is 0 Å². The second kappa shape index (κ2) is 12.0. The van der Waals surface area contributed by atoms with Gasteiger partial charge in [0.2, 0.25) is 6.79 Å². The third kappa shape index (κ3) is 6.72. The number of nitrogens with zero attached hydrogens (tertiary/aromatic N) is 1. The molecular formula is C27H25Cl2N3O5. The zero-order chi connectivity index (χ0) is 26.4. The van der Waals surface area contributed by atoms with Crippen molar-refractivity contribution in [3.05, 3.63) is 87.4 Å². The second-order valence-electron chi connectivity index (χ2n) is 8.56. The van der Waals surface area contributed by atoms with Crippen molar-refractivity contribution in [2.75, 3.05) is 6.79 Å². The Morgan fingerprint density at radius 1 is 1.05 bits per heavy atom. The fourth-order valence-corrected chi connectivity index (χ4v) is 4.01. The molecule has 0 fully saturated rings. The van der Waals surface area contributed by atoms with E-state index < -0.39 is 17.9 Å². The highest BCUT2D eigenvalue weighted by Gasteiger charge is 2.25. The number of benzene rings is 3. The highest BCUT2D eigenvalue weighted by Crippen LogP contribution is 2.32. The minimum absolute atomic E-state index is 0.110. The first kappa shape index (κ1) is 26.3. The Morgan fingerprint density at radius 3 is 2.62 bits per heavy atom. The summed E-state index contributed by atoms with van der Waals surface area (Å²) in [4.78, 5) is 25.6. The number of ether oxygens (including phenoxy) is 3. The van der Waals surface area contributed by atoms with Crippen LogP contribution < -0.4 is 25.0 Å². The zero-order valence-corrected chi connectivity index (χ0v) is 21.7. The molecule has 2 N–H and O–H groups in total. The molecule has 37 heavy (non-hydrogen) atoms. The van der Waals surface area contributed by atoms with E-state index in [9.17, 15) is 9.59 Å². The van der Waals surface area contributed by atoms with Gasteiger partial charge in [0.05, 0.1) is 6.21 Å². The van der Waals surface area contributed by atoms with Crippen molar-refractivity contribution in [2.24, 2.45) is 11.0 Å². The summed E-state index contributed by atoms with van der Waals surface area (Å²) in [5.74, 6) is 0.574. The summed E-state index contributed by atoms with van der Waals surface area (Å²) in [6.45, 7) is 4.00. The molecule has 0 spiro atoms. The van der Waals surface area contributed by atoms with Crippen LogP contribution in [0.15, 0.2) is 65.8 Å². The molecule has 0 radical (unpaired) electrons. The highest BCUT2D eigenvalue weighted by atomic mass is 35.5. The van der Waals surface area contributed by atoms with Crippen LogP contribution in [0.2, 0.25) is 10.0 Å². The van der Waals surface area contributed by atoms with Gasteiger partial charge < -0.3 is 19.5 Å². The zero-order valence-electron chi connectivity index (χ0n) is 20.2. The van der Waals surface area contributed by atoms with Crippen LogP contribution in [0, 0.1) is 5.92 Å². The number of nitrogens with one attached hydrogen (secondary N) is 2. The van der Waals surface area contributed by atoms with Gasteiger partial charge in [0.15, 0.2) is 11.5 Å². The van der Waals surface area contributed by atoms with Crippen molar-refractivity contribution < 1.29 is 23.8 Å². The number of fused-ring (bicyclic) bond motifs is 1. The van der Waals surface area contributed by atoms with Gasteiger partial charge in [0, 0.05) is 26.7 Å². The first-order valence-electron chi connectivity index (χ1n) is 11.5.